The van der Waals surface area contributed by atoms with Crippen LogP contribution in [0.15, 0.2) is 12.3 Å². The summed E-state index contributed by atoms with van der Waals surface area (Å²) in [5.41, 5.74) is 0. The van der Waals surface area contributed by atoms with Gasteiger partial charge in [-0.05, 0) is 11.6 Å². The molecule has 0 amide bonds. The zero-order chi connectivity index (χ0) is 12.1. The maximum Gasteiger partial charge on any atom is 0.224 e. The Morgan fingerprint density at radius 3 is 2.94 bits per heavy atom. The van der Waals surface area contributed by atoms with E-state index in [0.717, 1.165) is 32.8 Å². The Morgan fingerprint density at radius 2 is 2.24 bits per heavy atom. The van der Waals surface area contributed by atoms with Crippen LogP contribution in [0.3, 0.4) is 0 Å². The van der Waals surface area contributed by atoms with Crippen molar-refractivity contribution in [2.75, 3.05) is 44.4 Å². The first-order valence-electron chi connectivity index (χ1n) is 5.56. The van der Waals surface area contributed by atoms with E-state index in [4.69, 9.17) is 22.2 Å². The summed E-state index contributed by atoms with van der Waals surface area (Å²) in [4.78, 5) is 10.2. The molecule has 0 atom stereocenters. The van der Waals surface area contributed by atoms with Crippen LogP contribution in [0.1, 0.15) is 0 Å². The maximum atomic E-state index is 5.91. The summed E-state index contributed by atoms with van der Waals surface area (Å²) in [7, 11) is 0. The highest BCUT2D eigenvalue weighted by atomic mass is 35.5. The number of aromatic nitrogens is 2. The van der Waals surface area contributed by atoms with E-state index in [2.05, 4.69) is 14.9 Å². The Labute approximate surface area is 105 Å². The van der Waals surface area contributed by atoms with Crippen LogP contribution in [0.2, 0.25) is 5.28 Å². The minimum absolute atomic E-state index is 0.212. The molecule has 2 N–H and O–H groups in total. The van der Waals surface area contributed by atoms with Crippen molar-refractivity contribution >= 4 is 17.4 Å². The Morgan fingerprint density at radius 1 is 1.47 bits per heavy atom. The van der Waals surface area contributed by atoms with E-state index < -0.39 is 0 Å². The van der Waals surface area contributed by atoms with E-state index >= 15 is 0 Å². The summed E-state index contributed by atoms with van der Waals surface area (Å²) in [6.45, 7) is 5.10. The Bertz CT molecular complexity index is 358. The highest BCUT2D eigenvalue weighted by Gasteiger charge is 2.11. The molecule has 0 aromatic carbocycles. The fourth-order valence-corrected chi connectivity index (χ4v) is 1.82. The van der Waals surface area contributed by atoms with Crippen molar-refractivity contribution in [3.8, 4) is 0 Å². The summed E-state index contributed by atoms with van der Waals surface area (Å²) in [6, 6.07) is 1.74. The molecule has 6 nitrogen and oxygen atoms in total. The molecule has 0 unspecified atom stereocenters. The average Bonchev–Trinajstić information content (AvgIpc) is 2.37. The van der Waals surface area contributed by atoms with E-state index in [0.29, 0.717) is 12.4 Å². The van der Waals surface area contributed by atoms with Gasteiger partial charge in [0.25, 0.3) is 0 Å². The van der Waals surface area contributed by atoms with Gasteiger partial charge in [0.1, 0.15) is 5.82 Å². The zero-order valence-corrected chi connectivity index (χ0v) is 10.3. The number of nitrogens with two attached hydrogens (primary N) is 1. The van der Waals surface area contributed by atoms with E-state index in [1.807, 2.05) is 0 Å². The van der Waals surface area contributed by atoms with Crippen LogP contribution in [0.4, 0.5) is 5.82 Å². The Balaban J connectivity index is 1.82. The number of halogens is 1. The van der Waals surface area contributed by atoms with Crippen molar-refractivity contribution in [3.63, 3.8) is 0 Å². The van der Waals surface area contributed by atoms with Gasteiger partial charge in [0.05, 0.1) is 13.2 Å². The highest BCUT2D eigenvalue weighted by molar-refractivity contribution is 6.28. The molecule has 1 aromatic heterocycles. The van der Waals surface area contributed by atoms with Crippen LogP contribution in [0, 0.1) is 0 Å². The number of ether oxygens (including phenoxy) is 1. The fourth-order valence-electron chi connectivity index (χ4n) is 1.67. The molecule has 7 heteroatoms. The summed E-state index contributed by atoms with van der Waals surface area (Å²) in [5, 5.41) is 1.80. The smallest absolute Gasteiger partial charge is 0.224 e. The molecule has 0 saturated carbocycles. The first-order chi connectivity index (χ1) is 8.25. The Kier molecular flexibility index (Phi) is 4.49. The monoisotopic (exact) mass is 257 g/mol. The predicted octanol–water partition coefficient (Wildman–Crippen LogP) is 0.142. The van der Waals surface area contributed by atoms with Crippen molar-refractivity contribution in [1.29, 1.82) is 0 Å². The molecule has 0 spiro atoms. The van der Waals surface area contributed by atoms with Gasteiger partial charge in [-0.15, -0.1) is 0 Å². The number of rotatable bonds is 4. The first-order valence-corrected chi connectivity index (χ1v) is 5.94. The van der Waals surface area contributed by atoms with Gasteiger partial charge in [0.2, 0.25) is 5.28 Å². The summed E-state index contributed by atoms with van der Waals surface area (Å²) in [6.07, 6.45) is 1.60. The number of hydrogen-bond acceptors (Lipinski definition) is 6. The minimum Gasteiger partial charge on any atom is -0.379 e. The van der Waals surface area contributed by atoms with Crippen LogP contribution in [-0.4, -0.2) is 54.3 Å². The zero-order valence-electron chi connectivity index (χ0n) is 9.55. The van der Waals surface area contributed by atoms with Gasteiger partial charge in [-0.3, -0.25) is 9.91 Å². The van der Waals surface area contributed by atoms with E-state index in [-0.39, 0.29) is 5.28 Å². The van der Waals surface area contributed by atoms with Gasteiger partial charge in [-0.25, -0.2) is 10.8 Å². The quantitative estimate of drug-likeness (QED) is 0.470. The second-order valence-corrected chi connectivity index (χ2v) is 4.17. The second-order valence-electron chi connectivity index (χ2n) is 3.83. The second kappa shape index (κ2) is 6.11. The number of nitrogens with zero attached hydrogens (tertiary/aromatic N) is 4. The molecule has 0 bridgehead atoms. The lowest BCUT2D eigenvalue weighted by molar-refractivity contribution is 0.0391. The lowest BCUT2D eigenvalue weighted by Crippen LogP contribution is -2.43. The van der Waals surface area contributed by atoms with E-state index in [1.165, 1.54) is 0 Å². The predicted molar refractivity (Wildman–Crippen MR) is 65.8 cm³/mol. The van der Waals surface area contributed by atoms with Crippen LogP contribution in [0.5, 0.6) is 0 Å². The molecular weight excluding hydrogens is 242 g/mol. The normalized spacial score (nSPS) is 17.1. The van der Waals surface area contributed by atoms with Crippen molar-refractivity contribution in [1.82, 2.24) is 14.9 Å². The summed E-state index contributed by atoms with van der Waals surface area (Å²) >= 11 is 5.71. The highest BCUT2D eigenvalue weighted by Crippen LogP contribution is 2.09. The summed E-state index contributed by atoms with van der Waals surface area (Å²) < 4.78 is 5.28. The van der Waals surface area contributed by atoms with Gasteiger partial charge in [0, 0.05) is 38.4 Å². The molecule has 1 aliphatic rings. The van der Waals surface area contributed by atoms with Crippen LogP contribution >= 0.6 is 11.6 Å². The molecule has 2 rings (SSSR count). The van der Waals surface area contributed by atoms with E-state index in [1.54, 1.807) is 17.3 Å². The maximum absolute atomic E-state index is 5.91. The molecule has 0 radical (unpaired) electrons. The van der Waals surface area contributed by atoms with Gasteiger partial charge < -0.3 is 4.74 Å². The molecule has 2 heterocycles. The third-order valence-corrected chi connectivity index (χ3v) is 2.85. The molecule has 94 valence electrons. The number of hydrogen-bond donors (Lipinski definition) is 1. The van der Waals surface area contributed by atoms with Crippen molar-refractivity contribution in [3.05, 3.63) is 17.5 Å². The largest absolute Gasteiger partial charge is 0.379 e. The molecule has 1 fully saturated rings. The Hall–Kier alpha value is -0.950. The topological polar surface area (TPSA) is 67.5 Å². The van der Waals surface area contributed by atoms with Crippen molar-refractivity contribution in [2.24, 2.45) is 5.84 Å². The molecule has 0 aliphatic carbocycles. The molecule has 1 aromatic rings. The number of anilines is 1. The first kappa shape index (κ1) is 12.5. The third kappa shape index (κ3) is 3.78. The number of morpholine rings is 1. The lowest BCUT2D eigenvalue weighted by Gasteiger charge is -2.28. The standard InChI is InChI=1S/C10H16ClN5O/c11-10-13-2-1-9(14-10)16(12)4-3-15-5-7-17-8-6-15/h1-2H,3-8,12H2. The van der Waals surface area contributed by atoms with Crippen molar-refractivity contribution in [2.45, 2.75) is 0 Å². The molecular formula is C10H16ClN5O. The summed E-state index contributed by atoms with van der Waals surface area (Å²) in [5.74, 6) is 6.54. The average molecular weight is 258 g/mol. The minimum atomic E-state index is 0.212. The number of hydrazine groups is 1. The van der Waals surface area contributed by atoms with Gasteiger partial charge in [-0.1, -0.05) is 0 Å². The lowest BCUT2D eigenvalue weighted by atomic mass is 10.4. The van der Waals surface area contributed by atoms with Crippen LogP contribution in [0.25, 0.3) is 0 Å². The molecule has 1 aliphatic heterocycles. The van der Waals surface area contributed by atoms with Gasteiger partial charge in [-0.2, -0.15) is 4.98 Å². The molecule has 17 heavy (non-hydrogen) atoms. The van der Waals surface area contributed by atoms with Crippen LogP contribution < -0.4 is 10.9 Å². The van der Waals surface area contributed by atoms with Crippen molar-refractivity contribution < 1.29 is 4.74 Å². The third-order valence-electron chi connectivity index (χ3n) is 2.67. The molecule has 1 saturated heterocycles. The van der Waals surface area contributed by atoms with Gasteiger partial charge in [0.15, 0.2) is 0 Å². The van der Waals surface area contributed by atoms with E-state index in [9.17, 15) is 0 Å². The van der Waals surface area contributed by atoms with Crippen LogP contribution in [-0.2, 0) is 4.74 Å². The SMILES string of the molecule is NN(CCN1CCOCC1)c1ccnc(Cl)n1. The fraction of sp³-hybridized carbons (Fsp3) is 0.600. The van der Waals surface area contributed by atoms with Gasteiger partial charge >= 0.3 is 0 Å².